The van der Waals surface area contributed by atoms with Crippen molar-refractivity contribution in [2.24, 2.45) is 5.92 Å². The van der Waals surface area contributed by atoms with Crippen molar-refractivity contribution in [3.05, 3.63) is 67.0 Å². The van der Waals surface area contributed by atoms with Gasteiger partial charge in [0, 0.05) is 55.7 Å². The molecule has 4 rings (SSSR count). The molecule has 3 aromatic rings. The van der Waals surface area contributed by atoms with Crippen molar-refractivity contribution >= 4 is 0 Å². The first-order valence-electron chi connectivity index (χ1n) is 9.25. The SMILES string of the molecule is c1cn(CCc2ccnc(C3CCCCC3Cn3ccnc3)c2)cn1. The van der Waals surface area contributed by atoms with Crippen LogP contribution in [0.5, 0.6) is 0 Å². The maximum Gasteiger partial charge on any atom is 0.0946 e. The van der Waals surface area contributed by atoms with Crippen molar-refractivity contribution in [2.75, 3.05) is 0 Å². The molecular formula is C20H25N5. The molecule has 0 saturated heterocycles. The highest BCUT2D eigenvalue weighted by Gasteiger charge is 2.27. The monoisotopic (exact) mass is 335 g/mol. The van der Waals surface area contributed by atoms with Crippen LogP contribution in [-0.2, 0) is 19.5 Å². The van der Waals surface area contributed by atoms with Gasteiger partial charge in [0.25, 0.3) is 0 Å². The molecule has 0 radical (unpaired) electrons. The molecular weight excluding hydrogens is 310 g/mol. The smallest absolute Gasteiger partial charge is 0.0946 e. The van der Waals surface area contributed by atoms with Gasteiger partial charge in [0.2, 0.25) is 0 Å². The van der Waals surface area contributed by atoms with Crippen LogP contribution in [0.2, 0.25) is 0 Å². The molecule has 0 bridgehead atoms. The van der Waals surface area contributed by atoms with Gasteiger partial charge < -0.3 is 9.13 Å². The molecule has 0 amide bonds. The Labute approximate surface area is 148 Å². The fourth-order valence-corrected chi connectivity index (χ4v) is 4.01. The third kappa shape index (κ3) is 3.98. The summed E-state index contributed by atoms with van der Waals surface area (Å²) >= 11 is 0. The van der Waals surface area contributed by atoms with Gasteiger partial charge >= 0.3 is 0 Å². The molecule has 3 heterocycles. The minimum Gasteiger partial charge on any atom is -0.337 e. The van der Waals surface area contributed by atoms with Crippen LogP contribution < -0.4 is 0 Å². The molecule has 0 N–H and O–H groups in total. The summed E-state index contributed by atoms with van der Waals surface area (Å²) in [5, 5.41) is 0. The van der Waals surface area contributed by atoms with Gasteiger partial charge in [-0.25, -0.2) is 9.97 Å². The second kappa shape index (κ2) is 7.64. The Morgan fingerprint density at radius 2 is 1.76 bits per heavy atom. The zero-order chi connectivity index (χ0) is 16.9. The quantitative estimate of drug-likeness (QED) is 0.690. The van der Waals surface area contributed by atoms with Crippen LogP contribution in [0.3, 0.4) is 0 Å². The number of aryl methyl sites for hydroxylation is 2. The summed E-state index contributed by atoms with van der Waals surface area (Å²) in [7, 11) is 0. The molecule has 2 atom stereocenters. The molecule has 1 saturated carbocycles. The Hall–Kier alpha value is -2.43. The lowest BCUT2D eigenvalue weighted by molar-refractivity contribution is 0.270. The molecule has 3 aromatic heterocycles. The molecule has 5 nitrogen and oxygen atoms in total. The van der Waals surface area contributed by atoms with E-state index in [0.717, 1.165) is 19.5 Å². The lowest BCUT2D eigenvalue weighted by Gasteiger charge is -2.31. The zero-order valence-electron chi connectivity index (χ0n) is 14.5. The summed E-state index contributed by atoms with van der Waals surface area (Å²) in [5.41, 5.74) is 2.64. The minimum atomic E-state index is 0.560. The molecule has 5 heteroatoms. The van der Waals surface area contributed by atoms with E-state index >= 15 is 0 Å². The van der Waals surface area contributed by atoms with Crippen LogP contribution in [-0.4, -0.2) is 24.1 Å². The van der Waals surface area contributed by atoms with Gasteiger partial charge in [-0.3, -0.25) is 4.98 Å². The largest absolute Gasteiger partial charge is 0.337 e. The van der Waals surface area contributed by atoms with Crippen molar-refractivity contribution in [3.63, 3.8) is 0 Å². The molecule has 1 fully saturated rings. The second-order valence-electron chi connectivity index (χ2n) is 7.05. The van der Waals surface area contributed by atoms with Gasteiger partial charge in [-0.05, 0) is 42.9 Å². The number of hydrogen-bond donors (Lipinski definition) is 0. The summed E-state index contributed by atoms with van der Waals surface area (Å²) in [6.07, 6.45) is 19.8. The third-order valence-electron chi connectivity index (χ3n) is 5.36. The van der Waals surface area contributed by atoms with Crippen molar-refractivity contribution in [3.8, 4) is 0 Å². The number of pyridine rings is 1. The van der Waals surface area contributed by atoms with Crippen LogP contribution in [0.1, 0.15) is 42.9 Å². The van der Waals surface area contributed by atoms with Crippen molar-refractivity contribution in [1.29, 1.82) is 0 Å². The van der Waals surface area contributed by atoms with E-state index in [0.29, 0.717) is 11.8 Å². The van der Waals surface area contributed by atoms with Crippen LogP contribution in [0.15, 0.2) is 55.8 Å². The molecule has 1 aliphatic rings. The Morgan fingerprint density at radius 1 is 0.960 bits per heavy atom. The topological polar surface area (TPSA) is 48.5 Å². The molecule has 1 aliphatic carbocycles. The predicted molar refractivity (Wildman–Crippen MR) is 97.1 cm³/mol. The number of nitrogens with zero attached hydrogens (tertiary/aromatic N) is 5. The van der Waals surface area contributed by atoms with Crippen molar-refractivity contribution < 1.29 is 0 Å². The zero-order valence-corrected chi connectivity index (χ0v) is 14.5. The highest BCUT2D eigenvalue weighted by Crippen LogP contribution is 2.38. The van der Waals surface area contributed by atoms with Gasteiger partial charge in [0.05, 0.1) is 12.7 Å². The lowest BCUT2D eigenvalue weighted by atomic mass is 9.77. The average Bonchev–Trinajstić information content (AvgIpc) is 3.35. The van der Waals surface area contributed by atoms with Crippen LogP contribution in [0.4, 0.5) is 0 Å². The lowest BCUT2D eigenvalue weighted by Crippen LogP contribution is -2.23. The molecule has 2 unspecified atom stereocenters. The van der Waals surface area contributed by atoms with Crippen LogP contribution in [0.25, 0.3) is 0 Å². The fourth-order valence-electron chi connectivity index (χ4n) is 4.01. The number of hydrogen-bond acceptors (Lipinski definition) is 3. The predicted octanol–water partition coefficient (Wildman–Crippen LogP) is 3.69. The Morgan fingerprint density at radius 3 is 2.56 bits per heavy atom. The summed E-state index contributed by atoms with van der Waals surface area (Å²) in [6.45, 7) is 2.01. The number of aromatic nitrogens is 5. The van der Waals surface area contributed by atoms with Gasteiger partial charge in [0.1, 0.15) is 0 Å². The molecule has 130 valence electrons. The van der Waals surface area contributed by atoms with E-state index in [4.69, 9.17) is 4.98 Å². The highest BCUT2D eigenvalue weighted by molar-refractivity contribution is 5.20. The Kier molecular flexibility index (Phi) is 4.91. The first-order valence-corrected chi connectivity index (χ1v) is 9.25. The third-order valence-corrected chi connectivity index (χ3v) is 5.36. The van der Waals surface area contributed by atoms with Crippen LogP contribution >= 0.6 is 0 Å². The number of imidazole rings is 2. The minimum absolute atomic E-state index is 0.560. The number of rotatable bonds is 6. The molecule has 0 spiro atoms. The van der Waals surface area contributed by atoms with E-state index in [1.54, 1.807) is 0 Å². The van der Waals surface area contributed by atoms with E-state index in [2.05, 4.69) is 37.4 Å². The highest BCUT2D eigenvalue weighted by atomic mass is 15.0. The first-order chi connectivity index (χ1) is 12.4. The van der Waals surface area contributed by atoms with Gasteiger partial charge in [-0.1, -0.05) is 12.8 Å². The van der Waals surface area contributed by atoms with E-state index < -0.39 is 0 Å². The van der Waals surface area contributed by atoms with E-state index in [1.165, 1.54) is 36.9 Å². The average molecular weight is 335 g/mol. The summed E-state index contributed by atoms with van der Waals surface area (Å²) in [6, 6.07) is 4.47. The first kappa shape index (κ1) is 16.1. The maximum absolute atomic E-state index is 4.74. The van der Waals surface area contributed by atoms with Crippen molar-refractivity contribution in [1.82, 2.24) is 24.1 Å². The van der Waals surface area contributed by atoms with Gasteiger partial charge in [-0.2, -0.15) is 0 Å². The standard InChI is InChI=1S/C20H25N5/c1-2-4-19(18(3-1)14-25-12-9-22-16-25)20-13-17(5-7-23-20)6-10-24-11-8-21-15-24/h5,7-9,11-13,15-16,18-19H,1-4,6,10,14H2. The summed E-state index contributed by atoms with van der Waals surface area (Å²) in [5.74, 6) is 1.21. The second-order valence-corrected chi connectivity index (χ2v) is 7.05. The van der Waals surface area contributed by atoms with E-state index in [9.17, 15) is 0 Å². The summed E-state index contributed by atoms with van der Waals surface area (Å²) in [4.78, 5) is 13.0. The van der Waals surface area contributed by atoms with Crippen molar-refractivity contribution in [2.45, 2.75) is 51.1 Å². The van der Waals surface area contributed by atoms with E-state index in [-0.39, 0.29) is 0 Å². The molecule has 25 heavy (non-hydrogen) atoms. The van der Waals surface area contributed by atoms with E-state index in [1.807, 2.05) is 37.4 Å². The van der Waals surface area contributed by atoms with Gasteiger partial charge in [-0.15, -0.1) is 0 Å². The Bertz CT molecular complexity index is 763. The molecule has 0 aliphatic heterocycles. The summed E-state index contributed by atoms with van der Waals surface area (Å²) < 4.78 is 4.34. The Balaban J connectivity index is 1.47. The normalized spacial score (nSPS) is 20.6. The van der Waals surface area contributed by atoms with Gasteiger partial charge in [0.15, 0.2) is 0 Å². The molecule has 0 aromatic carbocycles. The van der Waals surface area contributed by atoms with Crippen LogP contribution in [0, 0.1) is 5.92 Å². The maximum atomic E-state index is 4.74. The fraction of sp³-hybridized carbons (Fsp3) is 0.450.